The molecule has 1 aliphatic rings. The molecule has 0 bridgehead atoms. The van der Waals surface area contributed by atoms with E-state index in [-0.39, 0.29) is 11.8 Å². The molecule has 3 heteroatoms. The van der Waals surface area contributed by atoms with Gasteiger partial charge in [-0.3, -0.25) is 4.79 Å². The Labute approximate surface area is 85.3 Å². The molecule has 0 spiro atoms. The normalized spacial score (nSPS) is 31.8. The zero-order valence-corrected chi connectivity index (χ0v) is 9.01. The molecule has 1 heterocycles. The van der Waals surface area contributed by atoms with Crippen LogP contribution in [0.1, 0.15) is 26.7 Å². The lowest BCUT2D eigenvalue weighted by atomic mass is 9.79. The number of carbonyl (C=O) groups excluding carboxylic acids is 1. The maximum Gasteiger partial charge on any atom is 0.146 e. The molecule has 0 aromatic carbocycles. The molecule has 0 aromatic rings. The van der Waals surface area contributed by atoms with Gasteiger partial charge in [-0.15, -0.1) is 0 Å². The number of ether oxygens (including phenoxy) is 1. The number of nitrogens with two attached hydrogens (primary N) is 1. The highest BCUT2D eigenvalue weighted by Gasteiger charge is 2.43. The largest absolute Gasteiger partial charge is 0.379 e. The highest BCUT2D eigenvalue weighted by Crippen LogP contribution is 2.30. The Morgan fingerprint density at radius 3 is 2.79 bits per heavy atom. The lowest BCUT2D eigenvalue weighted by molar-refractivity contribution is -0.127. The van der Waals surface area contributed by atoms with E-state index in [0.29, 0.717) is 19.6 Å². The van der Waals surface area contributed by atoms with Crippen LogP contribution in [0.2, 0.25) is 0 Å². The van der Waals surface area contributed by atoms with E-state index < -0.39 is 5.41 Å². The predicted molar refractivity (Wildman–Crippen MR) is 56.0 cm³/mol. The summed E-state index contributed by atoms with van der Waals surface area (Å²) in [5.74, 6) is 0.161. The van der Waals surface area contributed by atoms with Crippen molar-refractivity contribution in [2.24, 2.45) is 11.1 Å². The van der Waals surface area contributed by atoms with Gasteiger partial charge in [0.1, 0.15) is 5.78 Å². The molecular weight excluding hydrogens is 178 g/mol. The number of carbonyl (C=O) groups is 1. The van der Waals surface area contributed by atoms with Gasteiger partial charge in [0.2, 0.25) is 0 Å². The quantitative estimate of drug-likeness (QED) is 0.691. The summed E-state index contributed by atoms with van der Waals surface area (Å²) in [7, 11) is 0. The Kier molecular flexibility index (Phi) is 3.45. The SMILES string of the molecule is C=C(CC)CC(=O)C1(C)COCC1N. The van der Waals surface area contributed by atoms with E-state index in [1.807, 2.05) is 13.8 Å². The van der Waals surface area contributed by atoms with Crippen LogP contribution in [0, 0.1) is 5.41 Å². The molecule has 2 unspecified atom stereocenters. The van der Waals surface area contributed by atoms with Gasteiger partial charge < -0.3 is 10.5 Å². The molecule has 1 saturated heterocycles. The predicted octanol–water partition coefficient (Wildman–Crippen LogP) is 1.28. The van der Waals surface area contributed by atoms with Crippen LogP contribution in [0.3, 0.4) is 0 Å². The Bertz CT molecular complexity index is 250. The number of ketones is 1. The first-order valence-electron chi connectivity index (χ1n) is 5.04. The van der Waals surface area contributed by atoms with Crippen LogP contribution in [0.25, 0.3) is 0 Å². The van der Waals surface area contributed by atoms with Crippen molar-refractivity contribution >= 4 is 5.78 Å². The summed E-state index contributed by atoms with van der Waals surface area (Å²) in [6.45, 7) is 8.66. The van der Waals surface area contributed by atoms with Gasteiger partial charge in [-0.25, -0.2) is 0 Å². The second-order valence-electron chi connectivity index (χ2n) is 4.24. The van der Waals surface area contributed by atoms with Crippen molar-refractivity contribution in [1.29, 1.82) is 0 Å². The third-order valence-electron chi connectivity index (χ3n) is 3.07. The first-order chi connectivity index (χ1) is 6.50. The number of allylic oxidation sites excluding steroid dienone is 1. The Morgan fingerprint density at radius 2 is 2.36 bits per heavy atom. The zero-order valence-electron chi connectivity index (χ0n) is 9.01. The Balaban J connectivity index is 2.63. The first-order valence-corrected chi connectivity index (χ1v) is 5.04. The van der Waals surface area contributed by atoms with Crippen molar-refractivity contribution in [2.45, 2.75) is 32.7 Å². The van der Waals surface area contributed by atoms with Crippen LogP contribution in [-0.4, -0.2) is 25.0 Å². The monoisotopic (exact) mass is 197 g/mol. The van der Waals surface area contributed by atoms with Crippen molar-refractivity contribution in [1.82, 2.24) is 0 Å². The minimum absolute atomic E-state index is 0.161. The van der Waals surface area contributed by atoms with E-state index in [0.717, 1.165) is 12.0 Å². The van der Waals surface area contributed by atoms with Gasteiger partial charge in [-0.05, 0) is 13.3 Å². The van der Waals surface area contributed by atoms with Gasteiger partial charge in [-0.1, -0.05) is 19.1 Å². The molecule has 2 N–H and O–H groups in total. The van der Waals surface area contributed by atoms with E-state index in [2.05, 4.69) is 6.58 Å². The molecule has 2 atom stereocenters. The van der Waals surface area contributed by atoms with Crippen molar-refractivity contribution < 1.29 is 9.53 Å². The fourth-order valence-corrected chi connectivity index (χ4v) is 1.53. The van der Waals surface area contributed by atoms with Gasteiger partial charge in [-0.2, -0.15) is 0 Å². The minimum atomic E-state index is -0.502. The van der Waals surface area contributed by atoms with E-state index in [9.17, 15) is 4.79 Å². The van der Waals surface area contributed by atoms with E-state index in [1.165, 1.54) is 0 Å². The Morgan fingerprint density at radius 1 is 1.71 bits per heavy atom. The summed E-state index contributed by atoms with van der Waals surface area (Å²) in [6.07, 6.45) is 1.28. The molecular formula is C11H19NO2. The maximum absolute atomic E-state index is 11.9. The molecule has 80 valence electrons. The molecule has 1 fully saturated rings. The van der Waals surface area contributed by atoms with Crippen molar-refractivity contribution in [2.75, 3.05) is 13.2 Å². The molecule has 0 aromatic heterocycles. The second kappa shape index (κ2) is 4.24. The molecule has 0 radical (unpaired) electrons. The number of rotatable bonds is 4. The summed E-state index contributed by atoms with van der Waals surface area (Å²) in [5, 5.41) is 0. The fourth-order valence-electron chi connectivity index (χ4n) is 1.53. The van der Waals surface area contributed by atoms with Crippen LogP contribution in [0.5, 0.6) is 0 Å². The summed E-state index contributed by atoms with van der Waals surface area (Å²) in [6, 6.07) is -0.167. The van der Waals surface area contributed by atoms with Crippen LogP contribution in [0.4, 0.5) is 0 Å². The standard InChI is InChI=1S/C11H19NO2/c1-4-8(2)5-10(13)11(3)7-14-6-9(11)12/h9H,2,4-7,12H2,1,3H3. The van der Waals surface area contributed by atoms with Crippen LogP contribution in [0.15, 0.2) is 12.2 Å². The lowest BCUT2D eigenvalue weighted by Gasteiger charge is -2.25. The van der Waals surface area contributed by atoms with Gasteiger partial charge in [0.15, 0.2) is 0 Å². The van der Waals surface area contributed by atoms with Crippen LogP contribution < -0.4 is 5.73 Å². The average molecular weight is 197 g/mol. The highest BCUT2D eigenvalue weighted by atomic mass is 16.5. The lowest BCUT2D eigenvalue weighted by Crippen LogP contribution is -2.44. The maximum atomic E-state index is 11.9. The molecule has 0 aliphatic carbocycles. The van der Waals surface area contributed by atoms with Crippen LogP contribution >= 0.6 is 0 Å². The van der Waals surface area contributed by atoms with Crippen molar-refractivity contribution in [3.05, 3.63) is 12.2 Å². The third kappa shape index (κ3) is 2.04. The van der Waals surface area contributed by atoms with E-state index in [4.69, 9.17) is 10.5 Å². The second-order valence-corrected chi connectivity index (χ2v) is 4.24. The summed E-state index contributed by atoms with van der Waals surface area (Å²) < 4.78 is 5.23. The molecule has 0 amide bonds. The smallest absolute Gasteiger partial charge is 0.146 e. The average Bonchev–Trinajstić information content (AvgIpc) is 2.48. The van der Waals surface area contributed by atoms with Gasteiger partial charge >= 0.3 is 0 Å². The molecule has 1 rings (SSSR count). The van der Waals surface area contributed by atoms with Gasteiger partial charge in [0.05, 0.1) is 18.6 Å². The van der Waals surface area contributed by atoms with E-state index in [1.54, 1.807) is 0 Å². The highest BCUT2D eigenvalue weighted by molar-refractivity contribution is 5.87. The summed E-state index contributed by atoms with van der Waals surface area (Å²) in [5.41, 5.74) is 6.32. The van der Waals surface area contributed by atoms with E-state index >= 15 is 0 Å². The molecule has 1 aliphatic heterocycles. The zero-order chi connectivity index (χ0) is 10.8. The number of hydrogen-bond acceptors (Lipinski definition) is 3. The van der Waals surface area contributed by atoms with Gasteiger partial charge in [0.25, 0.3) is 0 Å². The van der Waals surface area contributed by atoms with Crippen LogP contribution in [-0.2, 0) is 9.53 Å². The van der Waals surface area contributed by atoms with Gasteiger partial charge in [0, 0.05) is 12.5 Å². The molecule has 14 heavy (non-hydrogen) atoms. The minimum Gasteiger partial charge on any atom is -0.379 e. The summed E-state index contributed by atoms with van der Waals surface area (Å²) in [4.78, 5) is 11.9. The topological polar surface area (TPSA) is 52.3 Å². The molecule has 3 nitrogen and oxygen atoms in total. The first kappa shape index (κ1) is 11.4. The number of Topliss-reactive ketones (excluding diaryl/α,β-unsaturated/α-hetero) is 1. The molecule has 0 saturated carbocycles. The number of hydrogen-bond donors (Lipinski definition) is 1. The Hall–Kier alpha value is -0.670. The van der Waals surface area contributed by atoms with Crippen molar-refractivity contribution in [3.8, 4) is 0 Å². The summed E-state index contributed by atoms with van der Waals surface area (Å²) >= 11 is 0. The van der Waals surface area contributed by atoms with Crippen molar-refractivity contribution in [3.63, 3.8) is 0 Å². The fraction of sp³-hybridized carbons (Fsp3) is 0.727. The third-order valence-corrected chi connectivity index (χ3v) is 3.07.